The van der Waals surface area contributed by atoms with E-state index in [4.69, 9.17) is 16.3 Å². The van der Waals surface area contributed by atoms with E-state index in [9.17, 15) is 0 Å². The average molecular weight is 242 g/mol. The van der Waals surface area contributed by atoms with Crippen molar-refractivity contribution in [2.45, 2.75) is 25.8 Å². The third-order valence-electron chi connectivity index (χ3n) is 2.37. The molecule has 16 heavy (non-hydrogen) atoms. The Kier molecular flexibility index (Phi) is 7.02. The van der Waals surface area contributed by atoms with Crippen molar-refractivity contribution in [3.8, 4) is 5.75 Å². The van der Waals surface area contributed by atoms with Gasteiger partial charge in [0.05, 0.1) is 6.61 Å². The second-order valence-electron chi connectivity index (χ2n) is 3.85. The maximum absolute atomic E-state index is 5.65. The summed E-state index contributed by atoms with van der Waals surface area (Å²) in [5.41, 5.74) is 0. The molecule has 1 aromatic carbocycles. The molecular formula is C13H20ClNO. The van der Waals surface area contributed by atoms with E-state index in [2.05, 4.69) is 12.2 Å². The van der Waals surface area contributed by atoms with Crippen molar-refractivity contribution in [3.05, 3.63) is 30.3 Å². The fourth-order valence-electron chi connectivity index (χ4n) is 1.39. The van der Waals surface area contributed by atoms with Gasteiger partial charge in [0.2, 0.25) is 0 Å². The monoisotopic (exact) mass is 241 g/mol. The highest BCUT2D eigenvalue weighted by molar-refractivity contribution is 6.17. The molecule has 0 saturated carbocycles. The van der Waals surface area contributed by atoms with Crippen LogP contribution in [0.2, 0.25) is 0 Å². The number of benzene rings is 1. The van der Waals surface area contributed by atoms with Gasteiger partial charge in [-0.3, -0.25) is 0 Å². The second kappa shape index (κ2) is 8.43. The third kappa shape index (κ3) is 5.99. The topological polar surface area (TPSA) is 21.3 Å². The van der Waals surface area contributed by atoms with Crippen LogP contribution in [0.1, 0.15) is 19.8 Å². The van der Waals surface area contributed by atoms with E-state index in [-0.39, 0.29) is 0 Å². The van der Waals surface area contributed by atoms with Crippen molar-refractivity contribution in [3.63, 3.8) is 0 Å². The summed E-state index contributed by atoms with van der Waals surface area (Å²) < 4.78 is 5.58. The molecule has 0 radical (unpaired) electrons. The molecule has 0 amide bonds. The lowest BCUT2D eigenvalue weighted by Crippen LogP contribution is -2.28. The molecule has 1 unspecified atom stereocenters. The Balaban J connectivity index is 2.00. The number of ether oxygens (including phenoxy) is 1. The van der Waals surface area contributed by atoms with Crippen LogP contribution in [-0.2, 0) is 0 Å². The Morgan fingerprint density at radius 2 is 2.06 bits per heavy atom. The molecule has 0 bridgehead atoms. The summed E-state index contributed by atoms with van der Waals surface area (Å²) in [4.78, 5) is 0. The minimum Gasteiger partial charge on any atom is -0.494 e. The van der Waals surface area contributed by atoms with Gasteiger partial charge in [0.15, 0.2) is 0 Å². The lowest BCUT2D eigenvalue weighted by molar-refractivity contribution is 0.305. The Bertz CT molecular complexity index is 266. The minimum absolute atomic E-state index is 0.495. The molecule has 1 N–H and O–H groups in total. The fraction of sp³-hybridized carbons (Fsp3) is 0.538. The largest absolute Gasteiger partial charge is 0.494 e. The molecule has 1 atom stereocenters. The quantitative estimate of drug-likeness (QED) is 0.558. The van der Waals surface area contributed by atoms with E-state index in [0.29, 0.717) is 11.9 Å². The first-order valence-electron chi connectivity index (χ1n) is 5.80. The maximum Gasteiger partial charge on any atom is 0.119 e. The smallest absolute Gasteiger partial charge is 0.119 e. The normalized spacial score (nSPS) is 12.4. The number of hydrogen-bond acceptors (Lipinski definition) is 2. The van der Waals surface area contributed by atoms with Gasteiger partial charge < -0.3 is 10.1 Å². The Hall–Kier alpha value is -0.730. The molecular weight excluding hydrogens is 222 g/mol. The van der Waals surface area contributed by atoms with Gasteiger partial charge in [-0.1, -0.05) is 18.2 Å². The molecule has 0 aromatic heterocycles. The highest BCUT2D eigenvalue weighted by atomic mass is 35.5. The predicted molar refractivity (Wildman–Crippen MR) is 69.4 cm³/mol. The zero-order valence-corrected chi connectivity index (χ0v) is 10.5. The molecule has 0 saturated heterocycles. The van der Waals surface area contributed by atoms with Crippen LogP contribution in [0.3, 0.4) is 0 Å². The first-order chi connectivity index (χ1) is 7.83. The third-order valence-corrected chi connectivity index (χ3v) is 2.59. The fourth-order valence-corrected chi connectivity index (χ4v) is 1.72. The van der Waals surface area contributed by atoms with Gasteiger partial charge in [0.25, 0.3) is 0 Å². The SMILES string of the molecule is CC(CCCl)NCCCOc1ccccc1. The summed E-state index contributed by atoms with van der Waals surface area (Å²) in [5.74, 6) is 1.66. The van der Waals surface area contributed by atoms with Gasteiger partial charge in [0, 0.05) is 11.9 Å². The lowest BCUT2D eigenvalue weighted by Gasteiger charge is -2.12. The second-order valence-corrected chi connectivity index (χ2v) is 4.23. The Morgan fingerprint density at radius 1 is 1.31 bits per heavy atom. The summed E-state index contributed by atoms with van der Waals surface area (Å²) in [6.07, 6.45) is 2.03. The van der Waals surface area contributed by atoms with E-state index >= 15 is 0 Å². The molecule has 2 nitrogen and oxygen atoms in total. The summed E-state index contributed by atoms with van der Waals surface area (Å²) in [6.45, 7) is 3.88. The standard InChI is InChI=1S/C13H20ClNO/c1-12(8-9-14)15-10-5-11-16-13-6-3-2-4-7-13/h2-4,6-7,12,15H,5,8-11H2,1H3. The molecule has 0 aliphatic rings. The van der Waals surface area contributed by atoms with Crippen molar-refractivity contribution in [2.24, 2.45) is 0 Å². The zero-order chi connectivity index (χ0) is 11.6. The number of alkyl halides is 1. The lowest BCUT2D eigenvalue weighted by atomic mass is 10.2. The number of hydrogen-bond donors (Lipinski definition) is 1. The van der Waals surface area contributed by atoms with E-state index in [0.717, 1.165) is 31.7 Å². The maximum atomic E-state index is 5.65. The van der Waals surface area contributed by atoms with Crippen molar-refractivity contribution >= 4 is 11.6 Å². The van der Waals surface area contributed by atoms with Crippen LogP contribution in [0.4, 0.5) is 0 Å². The molecule has 1 aromatic rings. The van der Waals surface area contributed by atoms with Gasteiger partial charge >= 0.3 is 0 Å². The van der Waals surface area contributed by atoms with Gasteiger partial charge in [-0.05, 0) is 38.4 Å². The molecule has 0 aliphatic carbocycles. The predicted octanol–water partition coefficient (Wildman–Crippen LogP) is 3.06. The van der Waals surface area contributed by atoms with Crippen molar-refractivity contribution in [1.29, 1.82) is 0 Å². The van der Waals surface area contributed by atoms with Crippen LogP contribution in [0.15, 0.2) is 30.3 Å². The van der Waals surface area contributed by atoms with Crippen molar-refractivity contribution in [2.75, 3.05) is 19.0 Å². The molecule has 0 heterocycles. The van der Waals surface area contributed by atoms with Gasteiger partial charge in [-0.2, -0.15) is 0 Å². The van der Waals surface area contributed by atoms with Crippen molar-refractivity contribution < 1.29 is 4.74 Å². The zero-order valence-electron chi connectivity index (χ0n) is 9.79. The summed E-state index contributed by atoms with van der Waals surface area (Å²) in [5, 5.41) is 3.41. The van der Waals surface area contributed by atoms with E-state index < -0.39 is 0 Å². The summed E-state index contributed by atoms with van der Waals surface area (Å²) in [7, 11) is 0. The van der Waals surface area contributed by atoms with Gasteiger partial charge in [0.1, 0.15) is 5.75 Å². The van der Waals surface area contributed by atoms with Crippen LogP contribution in [0.25, 0.3) is 0 Å². The molecule has 3 heteroatoms. The highest BCUT2D eigenvalue weighted by Gasteiger charge is 1.98. The van der Waals surface area contributed by atoms with Crippen LogP contribution in [0.5, 0.6) is 5.75 Å². The molecule has 0 fully saturated rings. The van der Waals surface area contributed by atoms with Crippen LogP contribution >= 0.6 is 11.6 Å². The molecule has 90 valence electrons. The number of nitrogens with one attached hydrogen (secondary N) is 1. The summed E-state index contributed by atoms with van der Waals surface area (Å²) in [6, 6.07) is 10.4. The molecule has 0 aliphatic heterocycles. The van der Waals surface area contributed by atoms with E-state index in [1.54, 1.807) is 0 Å². The van der Waals surface area contributed by atoms with Gasteiger partial charge in [-0.25, -0.2) is 0 Å². The average Bonchev–Trinajstić information content (AvgIpc) is 2.30. The minimum atomic E-state index is 0.495. The van der Waals surface area contributed by atoms with E-state index in [1.165, 1.54) is 0 Å². The van der Waals surface area contributed by atoms with Gasteiger partial charge in [-0.15, -0.1) is 11.6 Å². The van der Waals surface area contributed by atoms with Crippen LogP contribution < -0.4 is 10.1 Å². The van der Waals surface area contributed by atoms with E-state index in [1.807, 2.05) is 30.3 Å². The Labute approximate surface area is 103 Å². The highest BCUT2D eigenvalue weighted by Crippen LogP contribution is 2.08. The first-order valence-corrected chi connectivity index (χ1v) is 6.33. The van der Waals surface area contributed by atoms with Crippen molar-refractivity contribution in [1.82, 2.24) is 5.32 Å². The number of para-hydroxylation sites is 1. The van der Waals surface area contributed by atoms with Crippen LogP contribution in [0, 0.1) is 0 Å². The summed E-state index contributed by atoms with van der Waals surface area (Å²) >= 11 is 5.65. The first kappa shape index (κ1) is 13.3. The number of halogens is 1. The molecule has 1 rings (SSSR count). The Morgan fingerprint density at radius 3 is 2.75 bits per heavy atom. The van der Waals surface area contributed by atoms with Crippen LogP contribution in [-0.4, -0.2) is 25.1 Å². The molecule has 0 spiro atoms. The number of rotatable bonds is 8.